The Morgan fingerprint density at radius 1 is 0.217 bits per heavy atom. The summed E-state index contributed by atoms with van der Waals surface area (Å²) in [5, 5.41) is 13.1. The van der Waals surface area contributed by atoms with Crippen molar-refractivity contribution >= 4 is 69.6 Å². The Kier molecular flexibility index (Phi) is 9.32. The highest BCUT2D eigenvalue weighted by Gasteiger charge is 2.25. The van der Waals surface area contributed by atoms with Crippen LogP contribution in [0.4, 0.5) is 0 Å². The number of hydrogen-bond donors (Lipinski definition) is 0. The van der Waals surface area contributed by atoms with Crippen molar-refractivity contribution in [2.24, 2.45) is 0 Å². The largest absolute Gasteiger partial charge is 0.0775 e. The van der Waals surface area contributed by atoms with Crippen LogP contribution in [-0.2, 0) is 0 Å². The van der Waals surface area contributed by atoms with Crippen molar-refractivity contribution in [3.8, 4) is 55.6 Å². The molecule has 10 rings (SSSR count). The van der Waals surface area contributed by atoms with Gasteiger partial charge in [0.15, 0.2) is 0 Å². The van der Waals surface area contributed by atoms with E-state index in [-0.39, 0.29) is 0 Å². The Morgan fingerprint density at radius 3 is 0.683 bits per heavy atom. The molecule has 0 bridgehead atoms. The molecular formula is C58H50Si2. The van der Waals surface area contributed by atoms with Crippen molar-refractivity contribution in [2.45, 2.75) is 39.3 Å². The highest BCUT2D eigenvalue weighted by atomic mass is 28.3. The first-order valence-electron chi connectivity index (χ1n) is 21.4. The topological polar surface area (TPSA) is 0 Å². The SMILES string of the molecule is C[Si](C)(C)c1ccc(-c2ccccc2-c2c3ccccc3c(-c3c4ccccc4c(-c4ccccc4-c4ccc([Si](C)(C)C)cc4)c4ccccc34)c3ccccc23)cc1. The lowest BCUT2D eigenvalue weighted by molar-refractivity contribution is 1.60. The van der Waals surface area contributed by atoms with Gasteiger partial charge in [-0.3, -0.25) is 0 Å². The third kappa shape index (κ3) is 6.43. The molecule has 290 valence electrons. The van der Waals surface area contributed by atoms with Crippen molar-refractivity contribution in [2.75, 3.05) is 0 Å². The van der Waals surface area contributed by atoms with E-state index < -0.39 is 16.1 Å². The van der Waals surface area contributed by atoms with E-state index in [4.69, 9.17) is 0 Å². The molecule has 0 heterocycles. The summed E-state index contributed by atoms with van der Waals surface area (Å²) in [5.41, 5.74) is 12.7. The molecule has 10 aromatic rings. The molecule has 0 aliphatic rings. The van der Waals surface area contributed by atoms with Crippen molar-refractivity contribution in [3.05, 3.63) is 194 Å². The maximum atomic E-state index is 2.42. The van der Waals surface area contributed by atoms with Crippen LogP contribution < -0.4 is 10.4 Å². The molecule has 0 atom stereocenters. The minimum Gasteiger partial charge on any atom is -0.0656 e. The second-order valence-electron chi connectivity index (χ2n) is 18.4. The fourth-order valence-corrected chi connectivity index (χ4v) is 11.9. The van der Waals surface area contributed by atoms with Gasteiger partial charge >= 0.3 is 0 Å². The highest BCUT2D eigenvalue weighted by Crippen LogP contribution is 2.51. The van der Waals surface area contributed by atoms with Crippen LogP contribution in [0.2, 0.25) is 39.3 Å². The van der Waals surface area contributed by atoms with Crippen LogP contribution in [0.25, 0.3) is 98.7 Å². The van der Waals surface area contributed by atoms with Crippen LogP contribution in [0, 0.1) is 0 Å². The van der Waals surface area contributed by atoms with Gasteiger partial charge in [0, 0.05) is 0 Å². The molecule has 0 aromatic heterocycles. The maximum absolute atomic E-state index is 2.42. The molecule has 0 radical (unpaired) electrons. The summed E-state index contributed by atoms with van der Waals surface area (Å²) in [4.78, 5) is 0. The van der Waals surface area contributed by atoms with Gasteiger partial charge < -0.3 is 0 Å². The van der Waals surface area contributed by atoms with Gasteiger partial charge in [-0.15, -0.1) is 0 Å². The monoisotopic (exact) mass is 802 g/mol. The minimum absolute atomic E-state index is 1.25. The van der Waals surface area contributed by atoms with Crippen LogP contribution >= 0.6 is 0 Å². The van der Waals surface area contributed by atoms with Gasteiger partial charge in [0.2, 0.25) is 0 Å². The molecule has 0 aliphatic carbocycles. The van der Waals surface area contributed by atoms with Crippen LogP contribution in [0.5, 0.6) is 0 Å². The molecule has 0 aliphatic heterocycles. The summed E-state index contributed by atoms with van der Waals surface area (Å²) >= 11 is 0. The van der Waals surface area contributed by atoms with E-state index >= 15 is 0 Å². The van der Waals surface area contributed by atoms with Gasteiger partial charge in [0.05, 0.1) is 16.1 Å². The number of benzene rings is 10. The Labute approximate surface area is 356 Å². The molecule has 2 heteroatoms. The summed E-state index contributed by atoms with van der Waals surface area (Å²) in [6.45, 7) is 14.5. The maximum Gasteiger partial charge on any atom is 0.0775 e. The Hall–Kier alpha value is -6.33. The predicted molar refractivity (Wildman–Crippen MR) is 270 cm³/mol. The first-order chi connectivity index (χ1) is 29.1. The smallest absolute Gasteiger partial charge is 0.0656 e. The lowest BCUT2D eigenvalue weighted by Gasteiger charge is -2.23. The lowest BCUT2D eigenvalue weighted by atomic mass is 9.79. The van der Waals surface area contributed by atoms with E-state index in [1.807, 2.05) is 0 Å². The molecule has 60 heavy (non-hydrogen) atoms. The van der Waals surface area contributed by atoms with Gasteiger partial charge in [0.25, 0.3) is 0 Å². The van der Waals surface area contributed by atoms with E-state index in [1.165, 1.54) is 109 Å². The molecule has 0 saturated heterocycles. The lowest BCUT2D eigenvalue weighted by Crippen LogP contribution is -2.37. The molecule has 0 spiro atoms. The summed E-state index contributed by atoms with van der Waals surface area (Å²) in [6, 6.07) is 73.3. The Bertz CT molecular complexity index is 2910. The summed E-state index contributed by atoms with van der Waals surface area (Å²) in [5.74, 6) is 0. The van der Waals surface area contributed by atoms with Crippen molar-refractivity contribution in [1.29, 1.82) is 0 Å². The Morgan fingerprint density at radius 2 is 0.433 bits per heavy atom. The third-order valence-electron chi connectivity index (χ3n) is 12.6. The van der Waals surface area contributed by atoms with Crippen molar-refractivity contribution in [1.82, 2.24) is 0 Å². The molecule has 0 N–H and O–H groups in total. The predicted octanol–water partition coefficient (Wildman–Crippen LogP) is 15.7. The number of hydrogen-bond acceptors (Lipinski definition) is 0. The summed E-state index contributed by atoms with van der Waals surface area (Å²) in [7, 11) is -2.87. The first kappa shape index (κ1) is 37.9. The molecule has 0 amide bonds. The van der Waals surface area contributed by atoms with Crippen LogP contribution in [0.3, 0.4) is 0 Å². The molecular weight excluding hydrogens is 753 g/mol. The van der Waals surface area contributed by atoms with Crippen LogP contribution in [-0.4, -0.2) is 16.1 Å². The zero-order chi connectivity index (χ0) is 41.2. The number of rotatable bonds is 7. The van der Waals surface area contributed by atoms with E-state index in [1.54, 1.807) is 0 Å². The Balaban J connectivity index is 1.26. The first-order valence-corrected chi connectivity index (χ1v) is 28.4. The molecule has 0 nitrogen and oxygen atoms in total. The van der Waals surface area contributed by atoms with Gasteiger partial charge in [0.1, 0.15) is 0 Å². The molecule has 10 aromatic carbocycles. The molecule has 0 fully saturated rings. The van der Waals surface area contributed by atoms with Crippen LogP contribution in [0.15, 0.2) is 194 Å². The number of fused-ring (bicyclic) bond motifs is 4. The average molecular weight is 803 g/mol. The van der Waals surface area contributed by atoms with E-state index in [9.17, 15) is 0 Å². The fourth-order valence-electron chi connectivity index (χ4n) is 9.58. The van der Waals surface area contributed by atoms with Gasteiger partial charge in [-0.1, -0.05) is 244 Å². The van der Waals surface area contributed by atoms with E-state index in [0.717, 1.165) is 0 Å². The molecule has 0 unspecified atom stereocenters. The molecule has 0 saturated carbocycles. The van der Waals surface area contributed by atoms with Crippen molar-refractivity contribution in [3.63, 3.8) is 0 Å². The second-order valence-corrected chi connectivity index (χ2v) is 28.6. The summed E-state index contributed by atoms with van der Waals surface area (Å²) < 4.78 is 0. The summed E-state index contributed by atoms with van der Waals surface area (Å²) in [6.07, 6.45) is 0. The van der Waals surface area contributed by atoms with Crippen LogP contribution in [0.1, 0.15) is 0 Å². The quantitative estimate of drug-likeness (QED) is 0.111. The highest BCUT2D eigenvalue weighted by molar-refractivity contribution is 6.89. The fraction of sp³-hybridized carbons (Fsp3) is 0.103. The van der Waals surface area contributed by atoms with E-state index in [0.29, 0.717) is 0 Å². The third-order valence-corrected chi connectivity index (χ3v) is 16.8. The van der Waals surface area contributed by atoms with Crippen molar-refractivity contribution < 1.29 is 0 Å². The normalized spacial score (nSPS) is 12.2. The van der Waals surface area contributed by atoms with Gasteiger partial charge in [-0.25, -0.2) is 0 Å². The average Bonchev–Trinajstić information content (AvgIpc) is 3.27. The zero-order valence-corrected chi connectivity index (χ0v) is 37.5. The van der Waals surface area contributed by atoms with Gasteiger partial charge in [-0.2, -0.15) is 0 Å². The zero-order valence-electron chi connectivity index (χ0n) is 35.5. The second kappa shape index (κ2) is 14.7. The van der Waals surface area contributed by atoms with E-state index in [2.05, 4.69) is 233 Å². The standard InChI is InChI=1S/C58H50Si2/c1-59(2,3)41-35-31-39(32-36-41)43-19-7-9-21-45(43)55-47-23-11-15-27-51(47)57(52-28-16-12-24-48(52)55)58-53-29-17-13-25-49(53)56(50-26-14-18-30-54(50)58)46-22-10-8-20-44(46)40-33-37-42(38-34-40)60(4,5)6/h7-38H,1-6H3. The minimum atomic E-state index is -1.43. The van der Waals surface area contributed by atoms with Gasteiger partial charge in [-0.05, 0) is 98.7 Å².